The van der Waals surface area contributed by atoms with Gasteiger partial charge in [0, 0.05) is 31.9 Å². The minimum Gasteiger partial charge on any atom is -0.272 e. The Kier molecular flexibility index (Phi) is 4.78. The van der Waals surface area contributed by atoms with E-state index in [1.807, 2.05) is 6.92 Å². The van der Waals surface area contributed by atoms with Gasteiger partial charge in [-0.15, -0.1) is 0 Å². The summed E-state index contributed by atoms with van der Waals surface area (Å²) < 4.78 is 65.6. The summed E-state index contributed by atoms with van der Waals surface area (Å²) in [5.74, 6) is 0. The molecule has 2 rings (SSSR count). The first kappa shape index (κ1) is 18.5. The first-order valence-electron chi connectivity index (χ1n) is 7.07. The first-order chi connectivity index (χ1) is 10.9. The SMILES string of the molecule is Cc1nn(C)c(C)c1CN(C)S(=O)(=O)c1ccc(C(F)(F)F)cc1. The van der Waals surface area contributed by atoms with Crippen LogP contribution in [-0.2, 0) is 29.8 Å². The third-order valence-electron chi connectivity index (χ3n) is 3.93. The monoisotopic (exact) mass is 361 g/mol. The van der Waals surface area contributed by atoms with Crippen LogP contribution in [0.5, 0.6) is 0 Å². The molecule has 24 heavy (non-hydrogen) atoms. The average Bonchev–Trinajstić information content (AvgIpc) is 2.73. The fourth-order valence-corrected chi connectivity index (χ4v) is 3.49. The molecule has 2 aromatic rings. The molecule has 0 saturated heterocycles. The summed E-state index contributed by atoms with van der Waals surface area (Å²) in [5, 5.41) is 4.23. The molecule has 5 nitrogen and oxygen atoms in total. The van der Waals surface area contributed by atoms with Gasteiger partial charge in [0.1, 0.15) is 0 Å². The van der Waals surface area contributed by atoms with Gasteiger partial charge in [-0.2, -0.15) is 22.6 Å². The van der Waals surface area contributed by atoms with Gasteiger partial charge in [-0.3, -0.25) is 4.68 Å². The lowest BCUT2D eigenvalue weighted by Crippen LogP contribution is -2.27. The molecule has 0 amide bonds. The van der Waals surface area contributed by atoms with Gasteiger partial charge in [0.2, 0.25) is 10.0 Å². The van der Waals surface area contributed by atoms with E-state index in [0.29, 0.717) is 5.69 Å². The Morgan fingerprint density at radius 3 is 2.12 bits per heavy atom. The van der Waals surface area contributed by atoms with Gasteiger partial charge in [0.15, 0.2) is 0 Å². The molecule has 0 N–H and O–H groups in total. The highest BCUT2D eigenvalue weighted by atomic mass is 32.2. The topological polar surface area (TPSA) is 55.2 Å². The Hall–Kier alpha value is -1.87. The molecule has 0 aliphatic carbocycles. The lowest BCUT2D eigenvalue weighted by molar-refractivity contribution is -0.137. The van der Waals surface area contributed by atoms with Crippen molar-refractivity contribution in [1.29, 1.82) is 0 Å². The molecule has 9 heteroatoms. The zero-order chi connectivity index (χ0) is 18.3. The molecule has 1 aromatic heterocycles. The van der Waals surface area contributed by atoms with Crippen LogP contribution in [0.2, 0.25) is 0 Å². The second-order valence-electron chi connectivity index (χ2n) is 5.56. The van der Waals surface area contributed by atoms with Gasteiger partial charge in [-0.1, -0.05) is 0 Å². The van der Waals surface area contributed by atoms with Crippen molar-refractivity contribution in [2.75, 3.05) is 7.05 Å². The van der Waals surface area contributed by atoms with E-state index in [4.69, 9.17) is 0 Å². The molecular weight excluding hydrogens is 343 g/mol. The van der Waals surface area contributed by atoms with Crippen molar-refractivity contribution in [1.82, 2.24) is 14.1 Å². The van der Waals surface area contributed by atoms with E-state index in [1.54, 1.807) is 18.7 Å². The Labute approximate surface area is 138 Å². The van der Waals surface area contributed by atoms with E-state index in [1.165, 1.54) is 7.05 Å². The van der Waals surface area contributed by atoms with Crippen molar-refractivity contribution in [3.63, 3.8) is 0 Å². The van der Waals surface area contributed by atoms with Crippen molar-refractivity contribution in [3.05, 3.63) is 46.8 Å². The number of benzene rings is 1. The van der Waals surface area contributed by atoms with Crippen molar-refractivity contribution in [3.8, 4) is 0 Å². The number of sulfonamides is 1. The molecule has 0 aliphatic heterocycles. The largest absolute Gasteiger partial charge is 0.416 e. The molecule has 0 unspecified atom stereocenters. The molecule has 0 radical (unpaired) electrons. The van der Waals surface area contributed by atoms with Gasteiger partial charge >= 0.3 is 6.18 Å². The van der Waals surface area contributed by atoms with Crippen LogP contribution in [0.15, 0.2) is 29.2 Å². The quantitative estimate of drug-likeness (QED) is 0.841. The highest BCUT2D eigenvalue weighted by Gasteiger charge is 2.31. The van der Waals surface area contributed by atoms with Crippen LogP contribution in [-0.4, -0.2) is 29.6 Å². The van der Waals surface area contributed by atoms with Crippen LogP contribution >= 0.6 is 0 Å². The minimum absolute atomic E-state index is 0.0921. The van der Waals surface area contributed by atoms with Gasteiger partial charge in [0.05, 0.1) is 16.2 Å². The lowest BCUT2D eigenvalue weighted by atomic mass is 10.2. The number of hydrogen-bond acceptors (Lipinski definition) is 3. The van der Waals surface area contributed by atoms with Crippen molar-refractivity contribution in [2.45, 2.75) is 31.5 Å². The van der Waals surface area contributed by atoms with Crippen LogP contribution < -0.4 is 0 Å². The van der Waals surface area contributed by atoms with E-state index in [0.717, 1.165) is 39.8 Å². The highest BCUT2D eigenvalue weighted by molar-refractivity contribution is 7.89. The molecule has 0 bridgehead atoms. The number of halogens is 3. The van der Waals surface area contributed by atoms with Crippen molar-refractivity contribution < 1.29 is 21.6 Å². The summed E-state index contributed by atoms with van der Waals surface area (Å²) in [6.07, 6.45) is -4.50. The van der Waals surface area contributed by atoms with E-state index >= 15 is 0 Å². The number of nitrogens with zero attached hydrogens (tertiary/aromatic N) is 3. The molecule has 132 valence electrons. The average molecular weight is 361 g/mol. The van der Waals surface area contributed by atoms with Gasteiger partial charge < -0.3 is 0 Å². The normalized spacial score (nSPS) is 12.8. The van der Waals surface area contributed by atoms with Gasteiger partial charge in [-0.05, 0) is 38.1 Å². The van der Waals surface area contributed by atoms with E-state index in [9.17, 15) is 21.6 Å². The molecule has 0 saturated carbocycles. The summed E-state index contributed by atoms with van der Waals surface area (Å²) in [7, 11) is -0.747. The van der Waals surface area contributed by atoms with Crippen LogP contribution in [0, 0.1) is 13.8 Å². The Morgan fingerprint density at radius 1 is 1.17 bits per heavy atom. The van der Waals surface area contributed by atoms with Crippen molar-refractivity contribution >= 4 is 10.0 Å². The van der Waals surface area contributed by atoms with Crippen LogP contribution in [0.25, 0.3) is 0 Å². The third-order valence-corrected chi connectivity index (χ3v) is 5.75. The highest BCUT2D eigenvalue weighted by Crippen LogP contribution is 2.30. The van der Waals surface area contributed by atoms with Crippen LogP contribution in [0.1, 0.15) is 22.5 Å². The summed E-state index contributed by atoms with van der Waals surface area (Å²) in [4.78, 5) is -0.183. The van der Waals surface area contributed by atoms with Crippen LogP contribution in [0.3, 0.4) is 0 Å². The van der Waals surface area contributed by atoms with Crippen LogP contribution in [0.4, 0.5) is 13.2 Å². The zero-order valence-corrected chi connectivity index (χ0v) is 14.5. The Bertz CT molecular complexity index is 840. The third kappa shape index (κ3) is 3.46. The number of alkyl halides is 3. The number of hydrogen-bond donors (Lipinski definition) is 0. The summed E-state index contributed by atoms with van der Waals surface area (Å²) in [6.45, 7) is 3.70. The number of aryl methyl sites for hydroxylation is 2. The Morgan fingerprint density at radius 2 is 1.71 bits per heavy atom. The molecule has 0 spiro atoms. The van der Waals surface area contributed by atoms with E-state index < -0.39 is 21.8 Å². The number of aromatic nitrogens is 2. The van der Waals surface area contributed by atoms with Gasteiger partial charge in [-0.25, -0.2) is 8.42 Å². The van der Waals surface area contributed by atoms with Gasteiger partial charge in [0.25, 0.3) is 0 Å². The fraction of sp³-hybridized carbons (Fsp3) is 0.400. The first-order valence-corrected chi connectivity index (χ1v) is 8.51. The van der Waals surface area contributed by atoms with E-state index in [-0.39, 0.29) is 11.4 Å². The molecule has 0 aliphatic rings. The summed E-state index contributed by atoms with van der Waals surface area (Å²) >= 11 is 0. The molecule has 0 atom stereocenters. The number of rotatable bonds is 4. The summed E-state index contributed by atoms with van der Waals surface area (Å²) in [5.41, 5.74) is 1.44. The fourth-order valence-electron chi connectivity index (χ4n) is 2.35. The molecule has 1 heterocycles. The predicted molar refractivity (Wildman–Crippen MR) is 82.8 cm³/mol. The molecular formula is C15H18F3N3O2S. The summed E-state index contributed by atoms with van der Waals surface area (Å²) in [6, 6.07) is 3.47. The van der Waals surface area contributed by atoms with E-state index in [2.05, 4.69) is 5.10 Å². The standard InChI is InChI=1S/C15H18F3N3O2S/c1-10-14(11(2)21(4)19-10)9-20(3)24(22,23)13-7-5-12(6-8-13)15(16,17)18/h5-8H,9H2,1-4H3. The maximum Gasteiger partial charge on any atom is 0.416 e. The predicted octanol–water partition coefficient (Wildman–Crippen LogP) is 2.88. The zero-order valence-electron chi connectivity index (χ0n) is 13.7. The lowest BCUT2D eigenvalue weighted by Gasteiger charge is -2.18. The molecule has 1 aromatic carbocycles. The maximum atomic E-state index is 12.6. The second kappa shape index (κ2) is 6.21. The smallest absolute Gasteiger partial charge is 0.272 e. The maximum absolute atomic E-state index is 12.6. The van der Waals surface area contributed by atoms with Crippen molar-refractivity contribution in [2.24, 2.45) is 7.05 Å². The minimum atomic E-state index is -4.50. The molecule has 0 fully saturated rings. The second-order valence-corrected chi connectivity index (χ2v) is 7.60. The Balaban J connectivity index is 2.29.